The summed E-state index contributed by atoms with van der Waals surface area (Å²) in [6.45, 7) is 1.16. The molecule has 0 bridgehead atoms. The van der Waals surface area contributed by atoms with Gasteiger partial charge in [-0.1, -0.05) is 109 Å². The number of aryl methyl sites for hydroxylation is 1. The Morgan fingerprint density at radius 3 is 1.41 bits per heavy atom. The van der Waals surface area contributed by atoms with Gasteiger partial charge < -0.3 is 9.05 Å². The zero-order valence-electron chi connectivity index (χ0n) is 23.1. The summed E-state index contributed by atoms with van der Waals surface area (Å²) in [7, 11) is -4.63. The van der Waals surface area contributed by atoms with Gasteiger partial charge in [-0.05, 0) is 55.7 Å². The fourth-order valence-electron chi connectivity index (χ4n) is 4.73. The molecule has 9 heteroatoms. The average Bonchev–Trinajstić information content (AvgIpc) is 2.97. The molecule has 0 atom stereocenters. The van der Waals surface area contributed by atoms with Crippen LogP contribution in [0.5, 0.6) is 0 Å². The smallest absolute Gasteiger partial charge is 0.305 e. The molecule has 4 aromatic carbocycles. The van der Waals surface area contributed by atoms with Crippen LogP contribution in [0.15, 0.2) is 120 Å². The number of benzene rings is 4. The standard InChI is InChI=1S/C32H32F3NO3P2/c1-4-38-41(37,39-5-2)31(30(32(33,34)35)36-26-23-21-25(3)22-24-26)40(27-15-9-6-10-16-27,28-17-11-7-12-18-28)29-19-13-8-14-20-29/h6-24H,4-5H2,1-3H3. The molecule has 0 aliphatic rings. The van der Waals surface area contributed by atoms with E-state index in [1.165, 1.54) is 12.1 Å². The lowest BCUT2D eigenvalue weighted by Gasteiger charge is -2.36. The Balaban J connectivity index is 2.41. The lowest BCUT2D eigenvalue weighted by molar-refractivity contribution is -0.0564. The highest BCUT2D eigenvalue weighted by atomic mass is 31.2. The first-order valence-electron chi connectivity index (χ1n) is 13.2. The second-order valence-corrected chi connectivity index (χ2v) is 14.8. The van der Waals surface area contributed by atoms with Gasteiger partial charge in [-0.2, -0.15) is 13.2 Å². The SMILES string of the molecule is CCOP(=O)(OCC)C(C(=Nc1ccc(C)cc1)C(F)(F)F)=P(c1ccccc1)(c1ccccc1)c1ccccc1. The lowest BCUT2D eigenvalue weighted by atomic mass is 10.2. The van der Waals surface area contributed by atoms with Crippen LogP contribution in [0.1, 0.15) is 19.4 Å². The van der Waals surface area contributed by atoms with Crippen LogP contribution in [0.25, 0.3) is 0 Å². The third-order valence-electron chi connectivity index (χ3n) is 6.36. The predicted octanol–water partition coefficient (Wildman–Crippen LogP) is 8.02. The largest absolute Gasteiger partial charge is 0.434 e. The molecule has 0 amide bonds. The lowest BCUT2D eigenvalue weighted by Crippen LogP contribution is -2.39. The Morgan fingerprint density at radius 2 is 1.07 bits per heavy atom. The van der Waals surface area contributed by atoms with Crippen molar-refractivity contribution in [3.8, 4) is 0 Å². The maximum absolute atomic E-state index is 15.5. The zero-order valence-corrected chi connectivity index (χ0v) is 24.9. The molecule has 4 nitrogen and oxygen atoms in total. The molecular formula is C32H32F3NO3P2. The molecule has 0 spiro atoms. The van der Waals surface area contributed by atoms with Gasteiger partial charge in [-0.25, -0.2) is 4.99 Å². The van der Waals surface area contributed by atoms with Gasteiger partial charge in [0.2, 0.25) is 0 Å². The van der Waals surface area contributed by atoms with E-state index >= 15 is 13.2 Å². The molecule has 0 unspecified atom stereocenters. The summed E-state index contributed by atoms with van der Waals surface area (Å²) in [4.78, 5) is 4.19. The first-order valence-corrected chi connectivity index (χ1v) is 16.6. The molecule has 4 rings (SSSR count). The van der Waals surface area contributed by atoms with Gasteiger partial charge in [0.05, 0.1) is 18.9 Å². The summed E-state index contributed by atoms with van der Waals surface area (Å²) < 4.78 is 72.9. The van der Waals surface area contributed by atoms with Crippen molar-refractivity contribution >= 4 is 46.8 Å². The van der Waals surface area contributed by atoms with Crippen molar-refractivity contribution in [1.29, 1.82) is 0 Å². The number of hydrogen-bond donors (Lipinski definition) is 0. The maximum Gasteiger partial charge on any atom is 0.434 e. The van der Waals surface area contributed by atoms with Gasteiger partial charge in [0.15, 0.2) is 5.71 Å². The monoisotopic (exact) mass is 597 g/mol. The molecule has 0 aliphatic heterocycles. The van der Waals surface area contributed by atoms with Crippen LogP contribution in [0.3, 0.4) is 0 Å². The molecule has 0 heterocycles. The molecule has 4 aromatic rings. The Morgan fingerprint density at radius 1 is 0.683 bits per heavy atom. The van der Waals surface area contributed by atoms with Gasteiger partial charge in [0, 0.05) is 0 Å². The van der Waals surface area contributed by atoms with Gasteiger partial charge in [0.25, 0.3) is 0 Å². The van der Waals surface area contributed by atoms with E-state index in [2.05, 4.69) is 4.99 Å². The van der Waals surface area contributed by atoms with E-state index in [-0.39, 0.29) is 18.9 Å². The second-order valence-electron chi connectivity index (χ2n) is 9.13. The van der Waals surface area contributed by atoms with Crippen LogP contribution in [-0.2, 0) is 13.6 Å². The van der Waals surface area contributed by atoms with Crippen molar-refractivity contribution in [1.82, 2.24) is 0 Å². The number of aliphatic imine (C=N–C) groups is 1. The molecule has 0 aliphatic carbocycles. The summed E-state index contributed by atoms with van der Waals surface area (Å²) in [5.41, 5.74) is -0.334. The number of halogens is 3. The highest BCUT2D eigenvalue weighted by Gasteiger charge is 2.52. The van der Waals surface area contributed by atoms with Crippen LogP contribution in [0.4, 0.5) is 18.9 Å². The molecule has 0 aromatic heterocycles. The highest BCUT2D eigenvalue weighted by molar-refractivity contribution is 8.08. The maximum atomic E-state index is 15.5. The van der Waals surface area contributed by atoms with E-state index in [9.17, 15) is 4.57 Å². The molecule has 41 heavy (non-hydrogen) atoms. The van der Waals surface area contributed by atoms with E-state index in [0.29, 0.717) is 15.9 Å². The zero-order chi connectivity index (χ0) is 29.5. The Hall–Kier alpha value is -3.21. The quantitative estimate of drug-likeness (QED) is 0.137. The van der Waals surface area contributed by atoms with Gasteiger partial charge in [-0.15, -0.1) is 0 Å². The van der Waals surface area contributed by atoms with Crippen LogP contribution < -0.4 is 15.9 Å². The van der Waals surface area contributed by atoms with Crippen LogP contribution in [0, 0.1) is 6.92 Å². The molecule has 214 valence electrons. The van der Waals surface area contributed by atoms with E-state index in [0.717, 1.165) is 5.56 Å². The number of nitrogens with zero attached hydrogens (tertiary/aromatic N) is 1. The first kappa shape index (κ1) is 30.7. The summed E-state index contributed by atoms with van der Waals surface area (Å²) in [6, 6.07) is 33.0. The van der Waals surface area contributed by atoms with Crippen LogP contribution in [0.2, 0.25) is 0 Å². The Labute approximate surface area is 239 Å². The van der Waals surface area contributed by atoms with Crippen molar-refractivity contribution in [2.24, 2.45) is 4.99 Å². The Kier molecular flexibility index (Phi) is 9.88. The van der Waals surface area contributed by atoms with Gasteiger partial charge in [-0.3, -0.25) is 4.57 Å². The topological polar surface area (TPSA) is 47.9 Å². The normalized spacial score (nSPS) is 12.8. The predicted molar refractivity (Wildman–Crippen MR) is 165 cm³/mol. The second kappa shape index (κ2) is 13.2. The number of alkyl halides is 3. The summed E-state index contributed by atoms with van der Waals surface area (Å²) in [5, 5.41) is 1.21. The Bertz CT molecular complexity index is 1460. The third kappa shape index (κ3) is 6.50. The van der Waals surface area contributed by atoms with Crippen molar-refractivity contribution in [2.45, 2.75) is 26.9 Å². The van der Waals surface area contributed by atoms with E-state index in [4.69, 9.17) is 9.05 Å². The molecule has 0 N–H and O–H groups in total. The summed E-state index contributed by atoms with van der Waals surface area (Å²) >= 11 is 0. The van der Waals surface area contributed by atoms with E-state index in [1.54, 1.807) is 117 Å². The number of hydrogen-bond acceptors (Lipinski definition) is 4. The van der Waals surface area contributed by atoms with Crippen LogP contribution >= 0.6 is 14.5 Å². The fraction of sp³-hybridized carbons (Fsp3) is 0.188. The third-order valence-corrected chi connectivity index (χ3v) is 14.0. The van der Waals surface area contributed by atoms with Crippen molar-refractivity contribution < 1.29 is 26.8 Å². The van der Waals surface area contributed by atoms with Crippen molar-refractivity contribution in [3.63, 3.8) is 0 Å². The fourth-order valence-corrected chi connectivity index (χ4v) is 13.0. The van der Waals surface area contributed by atoms with Gasteiger partial charge >= 0.3 is 13.8 Å². The minimum Gasteiger partial charge on any atom is -0.305 e. The molecular weight excluding hydrogens is 565 g/mol. The minimum atomic E-state index is -5.01. The van der Waals surface area contributed by atoms with Gasteiger partial charge in [0.1, 0.15) is 5.03 Å². The first-order chi connectivity index (χ1) is 19.7. The average molecular weight is 598 g/mol. The van der Waals surface area contributed by atoms with E-state index < -0.39 is 31.4 Å². The minimum absolute atomic E-state index is 0.0762. The highest BCUT2D eigenvalue weighted by Crippen LogP contribution is 2.62. The van der Waals surface area contributed by atoms with Crippen molar-refractivity contribution in [3.05, 3.63) is 121 Å². The number of rotatable bonds is 10. The summed E-state index contributed by atoms with van der Waals surface area (Å²) in [6.07, 6.45) is -5.01. The summed E-state index contributed by atoms with van der Waals surface area (Å²) in [5.74, 6) is 0. The molecule has 0 radical (unpaired) electrons. The van der Waals surface area contributed by atoms with Crippen LogP contribution in [-0.4, -0.2) is 30.1 Å². The molecule has 0 saturated carbocycles. The van der Waals surface area contributed by atoms with E-state index in [1.807, 2.05) is 6.92 Å². The molecule has 0 fully saturated rings. The van der Waals surface area contributed by atoms with Crippen molar-refractivity contribution in [2.75, 3.05) is 13.2 Å². The molecule has 0 saturated heterocycles.